The van der Waals surface area contributed by atoms with Crippen LogP contribution in [0.5, 0.6) is 5.75 Å². The third-order valence-corrected chi connectivity index (χ3v) is 8.11. The van der Waals surface area contributed by atoms with E-state index in [9.17, 15) is 0 Å². The summed E-state index contributed by atoms with van der Waals surface area (Å²) in [5.74, 6) is 4.77. The van der Waals surface area contributed by atoms with Gasteiger partial charge in [0.15, 0.2) is 5.65 Å². The lowest BCUT2D eigenvalue weighted by molar-refractivity contribution is -0.0623. The first-order valence-corrected chi connectivity index (χ1v) is 11.1. The van der Waals surface area contributed by atoms with E-state index < -0.39 is 0 Å². The van der Waals surface area contributed by atoms with E-state index in [1.165, 1.54) is 63.4 Å². The highest BCUT2D eigenvalue weighted by Crippen LogP contribution is 2.61. The van der Waals surface area contributed by atoms with Crippen molar-refractivity contribution in [1.82, 2.24) is 14.6 Å². The summed E-state index contributed by atoms with van der Waals surface area (Å²) in [6, 6.07) is 2.09. The van der Waals surface area contributed by atoms with E-state index >= 15 is 0 Å². The number of rotatable bonds is 5. The highest BCUT2D eigenvalue weighted by Gasteiger charge is 2.50. The van der Waals surface area contributed by atoms with Crippen LogP contribution < -0.4 is 4.74 Å². The topological polar surface area (TPSA) is 39.4 Å². The van der Waals surface area contributed by atoms with Gasteiger partial charge in [-0.3, -0.25) is 4.40 Å². The van der Waals surface area contributed by atoms with E-state index in [4.69, 9.17) is 4.74 Å². The molecule has 0 aromatic carbocycles. The lowest BCUT2D eigenvalue weighted by Crippen LogP contribution is -2.46. The molecule has 0 N–H and O–H groups in total. The van der Waals surface area contributed by atoms with Gasteiger partial charge in [-0.25, -0.2) is 0 Å². The Hall–Kier alpha value is -1.10. The second kappa shape index (κ2) is 5.70. The van der Waals surface area contributed by atoms with E-state index in [0.717, 1.165) is 40.5 Å². The largest absolute Gasteiger partial charge is 0.493 e. The maximum absolute atomic E-state index is 6.40. The predicted molar refractivity (Wildman–Crippen MR) is 103 cm³/mol. The van der Waals surface area contributed by atoms with Gasteiger partial charge in [0.1, 0.15) is 5.75 Å². The molecular weight excluding hydrogens is 390 g/mol. The first-order valence-electron chi connectivity index (χ1n) is 10.3. The quantitative estimate of drug-likeness (QED) is 0.659. The van der Waals surface area contributed by atoms with Crippen molar-refractivity contribution in [2.75, 3.05) is 6.61 Å². The minimum absolute atomic E-state index is 0.594. The van der Waals surface area contributed by atoms with Gasteiger partial charge in [0.2, 0.25) is 4.73 Å². The Morgan fingerprint density at radius 3 is 2.42 bits per heavy atom. The molecular formula is C21H26BrN3O. The Bertz CT molecular complexity index is 821. The van der Waals surface area contributed by atoms with Crippen molar-refractivity contribution in [3.63, 3.8) is 0 Å². The van der Waals surface area contributed by atoms with Crippen molar-refractivity contribution in [3.05, 3.63) is 22.6 Å². The van der Waals surface area contributed by atoms with Gasteiger partial charge in [0.05, 0.1) is 6.61 Å². The Morgan fingerprint density at radius 1 is 1.08 bits per heavy atom. The predicted octanol–water partition coefficient (Wildman–Crippen LogP) is 5.35. The van der Waals surface area contributed by atoms with Crippen molar-refractivity contribution in [2.24, 2.45) is 23.2 Å². The molecule has 4 bridgehead atoms. The Labute approximate surface area is 162 Å². The van der Waals surface area contributed by atoms with Crippen molar-refractivity contribution in [3.8, 4) is 5.75 Å². The number of halogens is 1. The summed E-state index contributed by atoms with van der Waals surface area (Å²) in [5, 5.41) is 8.39. The van der Waals surface area contributed by atoms with Gasteiger partial charge < -0.3 is 4.74 Å². The fraction of sp³-hybridized carbons (Fsp3) is 0.714. The highest BCUT2D eigenvalue weighted by molar-refractivity contribution is 9.10. The summed E-state index contributed by atoms with van der Waals surface area (Å²) < 4.78 is 9.20. The maximum atomic E-state index is 6.40. The zero-order valence-corrected chi connectivity index (χ0v) is 16.7. The van der Waals surface area contributed by atoms with Crippen molar-refractivity contribution >= 4 is 21.6 Å². The average molecular weight is 416 g/mol. The molecule has 0 radical (unpaired) electrons. The molecule has 5 aliphatic carbocycles. The van der Waals surface area contributed by atoms with Crippen LogP contribution in [0.25, 0.3) is 5.65 Å². The van der Waals surface area contributed by atoms with Crippen LogP contribution in [0.3, 0.4) is 0 Å². The summed E-state index contributed by atoms with van der Waals surface area (Å²) >= 11 is 3.49. The van der Waals surface area contributed by atoms with Crippen LogP contribution in [0, 0.1) is 23.2 Å². The van der Waals surface area contributed by atoms with Crippen LogP contribution in [0.4, 0.5) is 0 Å². The molecule has 138 valence electrons. The van der Waals surface area contributed by atoms with E-state index in [0.29, 0.717) is 11.3 Å². The van der Waals surface area contributed by atoms with Crippen LogP contribution >= 0.6 is 15.9 Å². The summed E-state index contributed by atoms with van der Waals surface area (Å²) in [6.45, 7) is 0.858. The second-order valence-electron chi connectivity index (χ2n) is 9.58. The lowest BCUT2D eigenvalue weighted by atomic mass is 9.49. The first-order chi connectivity index (χ1) is 12.7. The molecule has 2 heterocycles. The molecule has 0 aliphatic heterocycles. The molecule has 7 rings (SSSR count). The summed E-state index contributed by atoms with van der Waals surface area (Å²) in [7, 11) is 0. The minimum Gasteiger partial charge on any atom is -0.493 e. The van der Waals surface area contributed by atoms with Gasteiger partial charge in [-0.15, -0.1) is 10.2 Å². The normalized spacial score (nSPS) is 35.3. The fourth-order valence-corrected chi connectivity index (χ4v) is 7.07. The second-order valence-corrected chi connectivity index (χ2v) is 10.3. The SMILES string of the molecule is Brc1nnc2cc(OCCC34CC5CC(CC(C5)C3)C4)c(C3CC3)cn12. The molecule has 5 saturated carbocycles. The Kier molecular flexibility index (Phi) is 3.49. The number of hydrogen-bond acceptors (Lipinski definition) is 3. The third-order valence-electron chi connectivity index (χ3n) is 7.57. The van der Waals surface area contributed by atoms with Crippen LogP contribution in [0.15, 0.2) is 17.0 Å². The molecule has 0 amide bonds. The van der Waals surface area contributed by atoms with Gasteiger partial charge in [-0.05, 0) is 103 Å². The standard InChI is InChI=1S/C21H26BrN3O/c22-20-24-23-19-8-18(17(12-25(19)20)16-1-2-16)26-4-3-21-9-13-5-14(10-21)7-15(6-13)11-21/h8,12-16H,1-7,9-11H2. The molecule has 0 atom stereocenters. The summed E-state index contributed by atoms with van der Waals surface area (Å²) in [6.07, 6.45) is 14.9. The van der Waals surface area contributed by atoms with Crippen LogP contribution in [0.1, 0.15) is 69.3 Å². The number of ether oxygens (including phenoxy) is 1. The molecule has 0 unspecified atom stereocenters. The van der Waals surface area contributed by atoms with E-state index in [2.05, 4.69) is 38.4 Å². The minimum atomic E-state index is 0.594. The zero-order valence-electron chi connectivity index (χ0n) is 15.2. The van der Waals surface area contributed by atoms with Gasteiger partial charge in [-0.1, -0.05) is 0 Å². The number of hydrogen-bond donors (Lipinski definition) is 0. The smallest absolute Gasteiger partial charge is 0.204 e. The molecule has 5 aliphatic rings. The van der Waals surface area contributed by atoms with Crippen molar-refractivity contribution in [1.29, 1.82) is 0 Å². The molecule has 5 heteroatoms. The van der Waals surface area contributed by atoms with Gasteiger partial charge in [0, 0.05) is 17.8 Å². The van der Waals surface area contributed by atoms with Crippen molar-refractivity contribution in [2.45, 2.75) is 63.7 Å². The maximum Gasteiger partial charge on any atom is 0.204 e. The molecule has 0 spiro atoms. The van der Waals surface area contributed by atoms with Crippen LogP contribution in [0.2, 0.25) is 0 Å². The summed E-state index contributed by atoms with van der Waals surface area (Å²) in [4.78, 5) is 0. The molecule has 26 heavy (non-hydrogen) atoms. The van der Waals surface area contributed by atoms with E-state index in [1.54, 1.807) is 0 Å². The molecule has 2 aromatic rings. The number of aromatic nitrogens is 3. The fourth-order valence-electron chi connectivity index (χ4n) is 6.70. The molecule has 0 saturated heterocycles. The highest BCUT2D eigenvalue weighted by atomic mass is 79.9. The van der Waals surface area contributed by atoms with Gasteiger partial charge >= 0.3 is 0 Å². The Balaban J connectivity index is 1.21. The molecule has 4 nitrogen and oxygen atoms in total. The molecule has 5 fully saturated rings. The third kappa shape index (κ3) is 2.61. The summed E-state index contributed by atoms with van der Waals surface area (Å²) in [5.41, 5.74) is 2.80. The van der Waals surface area contributed by atoms with Gasteiger partial charge in [-0.2, -0.15) is 0 Å². The van der Waals surface area contributed by atoms with Crippen molar-refractivity contribution < 1.29 is 4.74 Å². The van der Waals surface area contributed by atoms with E-state index in [1.807, 2.05) is 4.40 Å². The number of nitrogens with zero attached hydrogens (tertiary/aromatic N) is 3. The monoisotopic (exact) mass is 415 g/mol. The number of pyridine rings is 1. The zero-order chi connectivity index (χ0) is 17.3. The first kappa shape index (κ1) is 15.9. The van der Waals surface area contributed by atoms with Crippen LogP contribution in [-0.4, -0.2) is 21.2 Å². The molecule has 2 aromatic heterocycles. The Morgan fingerprint density at radius 2 is 1.77 bits per heavy atom. The number of fused-ring (bicyclic) bond motifs is 1. The van der Waals surface area contributed by atoms with Gasteiger partial charge in [0.25, 0.3) is 0 Å². The van der Waals surface area contributed by atoms with E-state index in [-0.39, 0.29) is 0 Å². The lowest BCUT2D eigenvalue weighted by Gasteiger charge is -2.57. The van der Waals surface area contributed by atoms with Crippen LogP contribution in [-0.2, 0) is 0 Å². The average Bonchev–Trinajstić information content (AvgIpc) is 3.37.